The Labute approximate surface area is 62.1 Å². The van der Waals surface area contributed by atoms with E-state index in [4.69, 9.17) is 5.73 Å². The molecule has 0 saturated heterocycles. The fourth-order valence-electron chi connectivity index (χ4n) is 0.502. The Bertz CT molecular complexity index is 153. The molecule has 0 unspecified atom stereocenters. The average Bonchev–Trinajstić information content (AvgIpc) is 1.60. The molecule has 0 rings (SSSR count). The Morgan fingerprint density at radius 3 is 2.10 bits per heavy atom. The first kappa shape index (κ1) is 9.37. The topological polar surface area (TPSA) is 43.1 Å². The summed E-state index contributed by atoms with van der Waals surface area (Å²) < 4.78 is 0. The van der Waals surface area contributed by atoms with Crippen LogP contribution in [0, 0.1) is 0 Å². The maximum absolute atomic E-state index is 11.1. The lowest BCUT2D eigenvalue weighted by atomic mass is 9.96. The molecule has 2 N–H and O–H groups in total. The van der Waals surface area contributed by atoms with Crippen LogP contribution in [0.1, 0.15) is 27.2 Å². The number of Topliss-reactive ketones (excluding diaryl/α,β-unsaturated/α-hetero) is 1. The fraction of sp³-hybridized carbons (Fsp3) is 0.625. The van der Waals surface area contributed by atoms with E-state index < -0.39 is 5.54 Å². The van der Waals surface area contributed by atoms with Crippen LogP contribution in [0.15, 0.2) is 12.2 Å². The van der Waals surface area contributed by atoms with Crippen molar-refractivity contribution in [2.75, 3.05) is 0 Å². The number of hydrogen-bond acceptors (Lipinski definition) is 2. The summed E-state index contributed by atoms with van der Waals surface area (Å²) in [6, 6.07) is 0. The minimum Gasteiger partial charge on any atom is -0.319 e. The van der Waals surface area contributed by atoms with Crippen molar-refractivity contribution in [1.82, 2.24) is 0 Å². The summed E-state index contributed by atoms with van der Waals surface area (Å²) in [6.45, 7) is 8.87. The van der Waals surface area contributed by atoms with E-state index in [9.17, 15) is 4.79 Å². The highest BCUT2D eigenvalue weighted by molar-refractivity contribution is 5.88. The summed E-state index contributed by atoms with van der Waals surface area (Å²) in [5.41, 5.74) is 5.69. The van der Waals surface area contributed by atoms with Gasteiger partial charge < -0.3 is 5.73 Å². The van der Waals surface area contributed by atoms with Gasteiger partial charge in [-0.15, -0.1) is 0 Å². The average molecular weight is 141 g/mol. The number of carbonyl (C=O) groups excluding carboxylic acids is 1. The number of nitrogens with two attached hydrogens (primary N) is 1. The van der Waals surface area contributed by atoms with Crippen molar-refractivity contribution in [2.45, 2.75) is 32.7 Å². The van der Waals surface area contributed by atoms with Crippen LogP contribution < -0.4 is 5.73 Å². The van der Waals surface area contributed by atoms with Gasteiger partial charge in [-0.1, -0.05) is 12.2 Å². The molecule has 0 atom stereocenters. The minimum absolute atomic E-state index is 0.0417. The Hall–Kier alpha value is -0.630. The highest BCUT2D eigenvalue weighted by Crippen LogP contribution is 2.06. The Morgan fingerprint density at radius 1 is 1.60 bits per heavy atom. The number of carbonyl (C=O) groups is 1. The molecular weight excluding hydrogens is 126 g/mol. The predicted octanol–water partition coefficient (Wildman–Crippen LogP) is 1.26. The van der Waals surface area contributed by atoms with E-state index in [1.807, 2.05) is 6.92 Å². The number of ketones is 1. The third-order valence-electron chi connectivity index (χ3n) is 1.18. The number of rotatable bonds is 3. The van der Waals surface area contributed by atoms with Crippen LogP contribution in [0.4, 0.5) is 0 Å². The highest BCUT2D eigenvalue weighted by Gasteiger charge is 2.20. The quantitative estimate of drug-likeness (QED) is 0.601. The molecule has 0 radical (unpaired) electrons. The molecule has 0 bridgehead atoms. The molecule has 0 aromatic heterocycles. The standard InChI is InChI=1S/C8H15NO/c1-6(2)5-7(10)8(3,4)9/h1,5,9H2,2-4H3. The molecule has 0 aromatic rings. The Kier molecular flexibility index (Phi) is 2.78. The molecule has 0 aromatic carbocycles. The molecule has 0 saturated carbocycles. The SMILES string of the molecule is C=C(C)CC(=O)C(C)(C)N. The second-order valence-corrected chi connectivity index (χ2v) is 3.28. The molecule has 10 heavy (non-hydrogen) atoms. The van der Waals surface area contributed by atoms with E-state index >= 15 is 0 Å². The third-order valence-corrected chi connectivity index (χ3v) is 1.18. The first-order valence-corrected chi connectivity index (χ1v) is 3.30. The highest BCUT2D eigenvalue weighted by atomic mass is 16.1. The molecule has 58 valence electrons. The van der Waals surface area contributed by atoms with Crippen molar-refractivity contribution < 1.29 is 4.79 Å². The normalized spacial score (nSPS) is 11.2. The van der Waals surface area contributed by atoms with Gasteiger partial charge >= 0.3 is 0 Å². The van der Waals surface area contributed by atoms with E-state index in [1.165, 1.54) is 0 Å². The first-order valence-electron chi connectivity index (χ1n) is 3.30. The van der Waals surface area contributed by atoms with Crippen LogP contribution >= 0.6 is 0 Å². The van der Waals surface area contributed by atoms with Gasteiger partial charge in [0, 0.05) is 6.42 Å². The number of allylic oxidation sites excluding steroid dienone is 1. The fourth-order valence-corrected chi connectivity index (χ4v) is 0.502. The molecule has 0 spiro atoms. The summed E-state index contributed by atoms with van der Waals surface area (Å²) in [5, 5.41) is 0. The lowest BCUT2D eigenvalue weighted by molar-refractivity contribution is -0.122. The van der Waals surface area contributed by atoms with E-state index in [-0.39, 0.29) is 5.78 Å². The summed E-state index contributed by atoms with van der Waals surface area (Å²) in [4.78, 5) is 11.1. The lowest BCUT2D eigenvalue weighted by Crippen LogP contribution is -2.41. The van der Waals surface area contributed by atoms with Gasteiger partial charge in [0.2, 0.25) is 0 Å². The molecule has 0 aliphatic carbocycles. The molecule has 0 aliphatic heterocycles. The van der Waals surface area contributed by atoms with Crippen molar-refractivity contribution in [3.05, 3.63) is 12.2 Å². The van der Waals surface area contributed by atoms with Crippen molar-refractivity contribution in [1.29, 1.82) is 0 Å². The third kappa shape index (κ3) is 3.41. The Balaban J connectivity index is 3.99. The zero-order valence-electron chi connectivity index (χ0n) is 6.90. The van der Waals surface area contributed by atoms with Gasteiger partial charge in [0.15, 0.2) is 5.78 Å². The van der Waals surface area contributed by atoms with Crippen molar-refractivity contribution in [3.8, 4) is 0 Å². The number of hydrogen-bond donors (Lipinski definition) is 1. The molecular formula is C8H15NO. The maximum atomic E-state index is 11.1. The molecule has 0 aliphatic rings. The first-order chi connectivity index (χ1) is 4.34. The zero-order chi connectivity index (χ0) is 8.36. The van der Waals surface area contributed by atoms with Crippen LogP contribution in [0.25, 0.3) is 0 Å². The van der Waals surface area contributed by atoms with Gasteiger partial charge in [-0.25, -0.2) is 0 Å². The van der Waals surface area contributed by atoms with Crippen molar-refractivity contribution >= 4 is 5.78 Å². The van der Waals surface area contributed by atoms with Gasteiger partial charge in [0.05, 0.1) is 5.54 Å². The summed E-state index contributed by atoms with van der Waals surface area (Å²) in [5.74, 6) is 0.0417. The monoisotopic (exact) mass is 141 g/mol. The van der Waals surface area contributed by atoms with E-state index in [2.05, 4.69) is 6.58 Å². The second-order valence-electron chi connectivity index (χ2n) is 3.28. The van der Waals surface area contributed by atoms with Gasteiger partial charge in [-0.05, 0) is 20.8 Å². The second kappa shape index (κ2) is 2.97. The molecule has 0 fully saturated rings. The van der Waals surface area contributed by atoms with Crippen LogP contribution in [0.2, 0.25) is 0 Å². The lowest BCUT2D eigenvalue weighted by Gasteiger charge is -2.16. The molecule has 2 heteroatoms. The van der Waals surface area contributed by atoms with Crippen LogP contribution in [-0.2, 0) is 4.79 Å². The summed E-state index contributed by atoms with van der Waals surface area (Å²) >= 11 is 0. The van der Waals surface area contributed by atoms with Gasteiger partial charge in [0.1, 0.15) is 0 Å². The van der Waals surface area contributed by atoms with Gasteiger partial charge in [-0.2, -0.15) is 0 Å². The van der Waals surface area contributed by atoms with Crippen LogP contribution in [0.5, 0.6) is 0 Å². The molecule has 2 nitrogen and oxygen atoms in total. The summed E-state index contributed by atoms with van der Waals surface area (Å²) in [6.07, 6.45) is 0.392. The van der Waals surface area contributed by atoms with Crippen molar-refractivity contribution in [3.63, 3.8) is 0 Å². The minimum atomic E-state index is -0.709. The van der Waals surface area contributed by atoms with Crippen LogP contribution in [0.3, 0.4) is 0 Å². The van der Waals surface area contributed by atoms with Crippen molar-refractivity contribution in [2.24, 2.45) is 5.73 Å². The largest absolute Gasteiger partial charge is 0.319 e. The zero-order valence-corrected chi connectivity index (χ0v) is 6.90. The van der Waals surface area contributed by atoms with E-state index in [0.29, 0.717) is 6.42 Å². The van der Waals surface area contributed by atoms with Crippen LogP contribution in [-0.4, -0.2) is 11.3 Å². The smallest absolute Gasteiger partial charge is 0.156 e. The Morgan fingerprint density at radius 2 is 2.00 bits per heavy atom. The molecule has 0 heterocycles. The maximum Gasteiger partial charge on any atom is 0.156 e. The van der Waals surface area contributed by atoms with E-state index in [0.717, 1.165) is 5.57 Å². The van der Waals surface area contributed by atoms with Gasteiger partial charge in [-0.3, -0.25) is 4.79 Å². The predicted molar refractivity (Wildman–Crippen MR) is 42.7 cm³/mol. The van der Waals surface area contributed by atoms with Gasteiger partial charge in [0.25, 0.3) is 0 Å². The molecule has 0 amide bonds. The van der Waals surface area contributed by atoms with E-state index in [1.54, 1.807) is 13.8 Å². The summed E-state index contributed by atoms with van der Waals surface area (Å²) in [7, 11) is 0.